The van der Waals surface area contributed by atoms with E-state index in [4.69, 9.17) is 4.74 Å². The minimum absolute atomic E-state index is 0.00428. The van der Waals surface area contributed by atoms with Crippen molar-refractivity contribution in [2.45, 2.75) is 17.7 Å². The molecule has 168 valence electrons. The van der Waals surface area contributed by atoms with Gasteiger partial charge in [-0.2, -0.15) is 9.29 Å². The topological polar surface area (TPSA) is 117 Å². The number of aromatic nitrogens is 3. The lowest BCUT2D eigenvalue weighted by Crippen LogP contribution is -2.43. The molecule has 2 heterocycles. The van der Waals surface area contributed by atoms with Crippen LogP contribution < -0.4 is 10.1 Å². The molecular formula is C21H22FN5O4S. The molecule has 32 heavy (non-hydrogen) atoms. The number of carbonyl (C=O) groups is 1. The third-order valence-corrected chi connectivity index (χ3v) is 7.17. The lowest BCUT2D eigenvalue weighted by Gasteiger charge is -2.31. The molecule has 3 aromatic rings. The van der Waals surface area contributed by atoms with E-state index in [9.17, 15) is 17.6 Å². The molecular weight excluding hydrogens is 437 g/mol. The van der Waals surface area contributed by atoms with Gasteiger partial charge in [-0.25, -0.2) is 12.8 Å². The van der Waals surface area contributed by atoms with Crippen molar-refractivity contribution in [3.63, 3.8) is 0 Å². The van der Waals surface area contributed by atoms with Crippen LogP contribution in [-0.2, 0) is 14.8 Å². The lowest BCUT2D eigenvalue weighted by molar-refractivity contribution is -0.120. The van der Waals surface area contributed by atoms with E-state index in [-0.39, 0.29) is 23.3 Å². The van der Waals surface area contributed by atoms with E-state index < -0.39 is 21.8 Å². The van der Waals surface area contributed by atoms with Crippen molar-refractivity contribution >= 4 is 21.9 Å². The third kappa shape index (κ3) is 4.48. The van der Waals surface area contributed by atoms with Gasteiger partial charge in [0.2, 0.25) is 21.9 Å². The number of carbonyl (C=O) groups excluding carboxylic acids is 1. The van der Waals surface area contributed by atoms with Crippen molar-refractivity contribution in [1.29, 1.82) is 0 Å². The molecule has 1 atom stereocenters. The summed E-state index contributed by atoms with van der Waals surface area (Å²) < 4.78 is 45.5. The zero-order valence-electron chi connectivity index (χ0n) is 17.3. The van der Waals surface area contributed by atoms with E-state index in [1.165, 1.54) is 16.4 Å². The molecule has 0 bridgehead atoms. The summed E-state index contributed by atoms with van der Waals surface area (Å²) in [6.07, 6.45) is 1.06. The van der Waals surface area contributed by atoms with Crippen molar-refractivity contribution in [2.75, 3.05) is 25.5 Å². The minimum atomic E-state index is -3.82. The molecule has 1 saturated heterocycles. The van der Waals surface area contributed by atoms with E-state index in [1.54, 1.807) is 13.2 Å². The maximum absolute atomic E-state index is 13.2. The molecule has 0 radical (unpaired) electrons. The number of benzene rings is 2. The SMILES string of the molecule is COc1ccccc1-c1nc(NC(=O)C2CCCN(S(=O)(=O)c3ccc(F)cc3)C2)n[nH]1. The number of H-pyrrole nitrogens is 1. The van der Waals surface area contributed by atoms with E-state index in [0.717, 1.165) is 12.1 Å². The second kappa shape index (κ2) is 9.05. The lowest BCUT2D eigenvalue weighted by atomic mass is 9.99. The summed E-state index contributed by atoms with van der Waals surface area (Å²) in [4.78, 5) is 17.1. The van der Waals surface area contributed by atoms with Gasteiger partial charge in [0.15, 0.2) is 5.82 Å². The fourth-order valence-corrected chi connectivity index (χ4v) is 5.14. The highest BCUT2D eigenvalue weighted by atomic mass is 32.2. The van der Waals surface area contributed by atoms with Crippen LogP contribution in [0.25, 0.3) is 11.4 Å². The van der Waals surface area contributed by atoms with E-state index >= 15 is 0 Å². The molecule has 0 saturated carbocycles. The van der Waals surface area contributed by atoms with Gasteiger partial charge in [0.1, 0.15) is 11.6 Å². The number of rotatable bonds is 6. The average Bonchev–Trinajstić information content (AvgIpc) is 3.27. The zero-order valence-corrected chi connectivity index (χ0v) is 18.1. The number of amides is 1. The first-order chi connectivity index (χ1) is 15.4. The average molecular weight is 460 g/mol. The maximum atomic E-state index is 13.2. The van der Waals surface area contributed by atoms with Gasteiger partial charge >= 0.3 is 0 Å². The fourth-order valence-electron chi connectivity index (χ4n) is 3.62. The van der Waals surface area contributed by atoms with E-state index in [2.05, 4.69) is 20.5 Å². The van der Waals surface area contributed by atoms with Gasteiger partial charge in [0.05, 0.1) is 23.5 Å². The number of nitrogens with zero attached hydrogens (tertiary/aromatic N) is 3. The maximum Gasteiger partial charge on any atom is 0.249 e. The Balaban J connectivity index is 1.45. The summed E-state index contributed by atoms with van der Waals surface area (Å²) in [5.74, 6) is -0.313. The number of aromatic amines is 1. The molecule has 0 spiro atoms. The predicted octanol–water partition coefficient (Wildman–Crippen LogP) is 2.66. The van der Waals surface area contributed by atoms with Crippen LogP contribution in [0, 0.1) is 11.7 Å². The monoisotopic (exact) mass is 459 g/mol. The van der Waals surface area contributed by atoms with Crippen molar-refractivity contribution in [2.24, 2.45) is 5.92 Å². The van der Waals surface area contributed by atoms with Gasteiger partial charge < -0.3 is 4.74 Å². The number of para-hydroxylation sites is 1. The Labute approximate surface area is 184 Å². The van der Waals surface area contributed by atoms with E-state index in [1.807, 2.05) is 18.2 Å². The smallest absolute Gasteiger partial charge is 0.249 e. The van der Waals surface area contributed by atoms with Crippen LogP contribution in [0.3, 0.4) is 0 Å². The highest BCUT2D eigenvalue weighted by molar-refractivity contribution is 7.89. The van der Waals surface area contributed by atoms with Gasteiger partial charge in [-0.15, -0.1) is 5.10 Å². The summed E-state index contributed by atoms with van der Waals surface area (Å²) in [7, 11) is -2.27. The largest absolute Gasteiger partial charge is 0.496 e. The molecule has 1 aliphatic heterocycles. The van der Waals surface area contributed by atoms with Crippen LogP contribution in [0.4, 0.5) is 10.3 Å². The summed E-state index contributed by atoms with van der Waals surface area (Å²) in [6, 6.07) is 11.9. The Morgan fingerprint density at radius 1 is 1.22 bits per heavy atom. The second-order valence-electron chi connectivity index (χ2n) is 7.35. The molecule has 1 amide bonds. The Bertz CT molecular complexity index is 1210. The standard InChI is InChI=1S/C21H22FN5O4S/c1-31-18-7-3-2-6-17(18)19-23-21(26-25-19)24-20(28)14-5-4-12-27(13-14)32(29,30)16-10-8-15(22)9-11-16/h2-3,6-11,14H,4-5,12-13H2,1H3,(H2,23,24,25,26,28). The zero-order chi connectivity index (χ0) is 22.7. The molecule has 2 aromatic carbocycles. The normalized spacial score (nSPS) is 17.1. The number of halogens is 1. The van der Waals surface area contributed by atoms with Crippen LogP contribution >= 0.6 is 0 Å². The molecule has 1 unspecified atom stereocenters. The fraction of sp³-hybridized carbons (Fsp3) is 0.286. The first kappa shape index (κ1) is 21.9. The van der Waals surface area contributed by atoms with Crippen LogP contribution in [0.5, 0.6) is 5.75 Å². The highest BCUT2D eigenvalue weighted by Gasteiger charge is 2.33. The first-order valence-electron chi connectivity index (χ1n) is 10.0. The number of ether oxygens (including phenoxy) is 1. The molecule has 2 N–H and O–H groups in total. The van der Waals surface area contributed by atoms with Gasteiger partial charge in [0, 0.05) is 13.1 Å². The molecule has 11 heteroatoms. The molecule has 4 rings (SSSR count). The number of hydrogen-bond acceptors (Lipinski definition) is 6. The summed E-state index contributed by atoms with van der Waals surface area (Å²) in [5.41, 5.74) is 0.692. The number of anilines is 1. The van der Waals surface area contributed by atoms with Gasteiger partial charge in [-0.3, -0.25) is 15.2 Å². The quantitative estimate of drug-likeness (QED) is 0.585. The Morgan fingerprint density at radius 3 is 2.72 bits per heavy atom. The van der Waals surface area contributed by atoms with Gasteiger partial charge in [-0.1, -0.05) is 12.1 Å². The number of nitrogens with one attached hydrogen (secondary N) is 2. The Hall–Kier alpha value is -3.31. The molecule has 9 nitrogen and oxygen atoms in total. The minimum Gasteiger partial charge on any atom is -0.496 e. The predicted molar refractivity (Wildman–Crippen MR) is 115 cm³/mol. The summed E-state index contributed by atoms with van der Waals surface area (Å²) in [6.45, 7) is 0.317. The number of piperidine rings is 1. The van der Waals surface area contributed by atoms with Crippen LogP contribution in [0.1, 0.15) is 12.8 Å². The number of methoxy groups -OCH3 is 1. The van der Waals surface area contributed by atoms with Crippen LogP contribution in [0.15, 0.2) is 53.4 Å². The van der Waals surface area contributed by atoms with Gasteiger partial charge in [0.25, 0.3) is 0 Å². The van der Waals surface area contributed by atoms with Crippen LogP contribution in [-0.4, -0.2) is 54.0 Å². The van der Waals surface area contributed by atoms with Crippen molar-refractivity contribution < 1.29 is 22.3 Å². The van der Waals surface area contributed by atoms with Crippen molar-refractivity contribution in [1.82, 2.24) is 19.5 Å². The summed E-state index contributed by atoms with van der Waals surface area (Å²) >= 11 is 0. The molecule has 1 fully saturated rings. The van der Waals surface area contributed by atoms with Crippen molar-refractivity contribution in [3.8, 4) is 17.1 Å². The van der Waals surface area contributed by atoms with Crippen LogP contribution in [0.2, 0.25) is 0 Å². The van der Waals surface area contributed by atoms with Gasteiger partial charge in [-0.05, 0) is 49.2 Å². The molecule has 1 aliphatic rings. The second-order valence-corrected chi connectivity index (χ2v) is 9.29. The molecule has 0 aliphatic carbocycles. The Kier molecular flexibility index (Phi) is 6.19. The van der Waals surface area contributed by atoms with Crippen molar-refractivity contribution in [3.05, 3.63) is 54.3 Å². The number of sulfonamides is 1. The van der Waals surface area contributed by atoms with E-state index in [0.29, 0.717) is 36.5 Å². The number of hydrogen-bond donors (Lipinski definition) is 2. The molecule has 1 aromatic heterocycles. The Morgan fingerprint density at radius 2 is 1.97 bits per heavy atom. The summed E-state index contributed by atoms with van der Waals surface area (Å²) in [5, 5.41) is 9.46. The third-order valence-electron chi connectivity index (χ3n) is 5.29. The highest BCUT2D eigenvalue weighted by Crippen LogP contribution is 2.28. The first-order valence-corrected chi connectivity index (χ1v) is 11.4.